The van der Waals surface area contributed by atoms with Gasteiger partial charge in [0.2, 0.25) is 10.0 Å². The molecule has 0 saturated carbocycles. The van der Waals surface area contributed by atoms with Crippen LogP contribution >= 0.6 is 0 Å². The van der Waals surface area contributed by atoms with Crippen LogP contribution in [-0.2, 0) is 19.6 Å². The standard InChI is InChI=1S/C14H18N2O4S/c1-10-8-11(2)14(12(3)9-10)21(18,19)16-6-4-13(17)20-7-5-15/h8-9,16H,4,6-7H2,1-3H3. The first-order chi connectivity index (χ1) is 9.77. The first-order valence-corrected chi connectivity index (χ1v) is 7.86. The van der Waals surface area contributed by atoms with E-state index in [1.807, 2.05) is 6.92 Å². The molecule has 0 fully saturated rings. The number of esters is 1. The monoisotopic (exact) mass is 310 g/mol. The molecule has 0 bridgehead atoms. The Balaban J connectivity index is 2.76. The van der Waals surface area contributed by atoms with E-state index in [0.717, 1.165) is 5.56 Å². The van der Waals surface area contributed by atoms with E-state index in [1.165, 1.54) is 0 Å². The molecule has 21 heavy (non-hydrogen) atoms. The van der Waals surface area contributed by atoms with Gasteiger partial charge in [-0.25, -0.2) is 13.1 Å². The second-order valence-electron chi connectivity index (χ2n) is 4.69. The molecule has 0 aliphatic rings. The number of nitrogens with zero attached hydrogens (tertiary/aromatic N) is 1. The minimum atomic E-state index is -3.68. The van der Waals surface area contributed by atoms with Crippen LogP contribution in [0.3, 0.4) is 0 Å². The smallest absolute Gasteiger partial charge is 0.308 e. The van der Waals surface area contributed by atoms with E-state index in [9.17, 15) is 13.2 Å². The van der Waals surface area contributed by atoms with Crippen LogP contribution in [0.5, 0.6) is 0 Å². The fraction of sp³-hybridized carbons (Fsp3) is 0.429. The number of carbonyl (C=O) groups is 1. The quantitative estimate of drug-likeness (QED) is 0.800. The van der Waals surface area contributed by atoms with Gasteiger partial charge in [-0.2, -0.15) is 5.26 Å². The molecule has 1 aromatic rings. The van der Waals surface area contributed by atoms with Crippen molar-refractivity contribution in [2.45, 2.75) is 32.1 Å². The van der Waals surface area contributed by atoms with Crippen LogP contribution in [0.1, 0.15) is 23.1 Å². The molecule has 0 aromatic heterocycles. The van der Waals surface area contributed by atoms with Crippen molar-refractivity contribution < 1.29 is 17.9 Å². The van der Waals surface area contributed by atoms with Crippen molar-refractivity contribution in [1.82, 2.24) is 4.72 Å². The van der Waals surface area contributed by atoms with Gasteiger partial charge in [-0.05, 0) is 31.9 Å². The number of sulfonamides is 1. The molecule has 7 heteroatoms. The maximum absolute atomic E-state index is 12.3. The van der Waals surface area contributed by atoms with Crippen molar-refractivity contribution in [3.63, 3.8) is 0 Å². The summed E-state index contributed by atoms with van der Waals surface area (Å²) < 4.78 is 31.4. The fourth-order valence-corrected chi connectivity index (χ4v) is 3.62. The minimum Gasteiger partial charge on any atom is -0.450 e. The molecule has 1 rings (SSSR count). The van der Waals surface area contributed by atoms with Crippen LogP contribution in [0.4, 0.5) is 0 Å². The summed E-state index contributed by atoms with van der Waals surface area (Å²) >= 11 is 0. The Labute approximate surface area is 124 Å². The summed E-state index contributed by atoms with van der Waals surface area (Å²) in [4.78, 5) is 11.4. The van der Waals surface area contributed by atoms with Gasteiger partial charge in [0.15, 0.2) is 6.61 Å². The van der Waals surface area contributed by atoms with Gasteiger partial charge in [0.1, 0.15) is 6.07 Å². The van der Waals surface area contributed by atoms with Gasteiger partial charge in [0.25, 0.3) is 0 Å². The van der Waals surface area contributed by atoms with E-state index >= 15 is 0 Å². The fourth-order valence-electron chi connectivity index (χ4n) is 2.14. The van der Waals surface area contributed by atoms with Crippen molar-refractivity contribution in [1.29, 1.82) is 5.26 Å². The molecule has 1 N–H and O–H groups in total. The Kier molecular flexibility index (Phi) is 5.88. The number of aryl methyl sites for hydroxylation is 3. The minimum absolute atomic E-state index is 0.0701. The molecule has 0 amide bonds. The Morgan fingerprint density at radius 1 is 1.29 bits per heavy atom. The highest BCUT2D eigenvalue weighted by atomic mass is 32.2. The number of ether oxygens (including phenoxy) is 1. The second kappa shape index (κ2) is 7.20. The zero-order chi connectivity index (χ0) is 16.0. The molecule has 0 radical (unpaired) electrons. The highest BCUT2D eigenvalue weighted by Crippen LogP contribution is 2.21. The van der Waals surface area contributed by atoms with Crippen LogP contribution in [0, 0.1) is 32.1 Å². The summed E-state index contributed by atoms with van der Waals surface area (Å²) in [7, 11) is -3.68. The van der Waals surface area contributed by atoms with E-state index in [2.05, 4.69) is 9.46 Å². The molecule has 0 unspecified atom stereocenters. The van der Waals surface area contributed by atoms with Crippen LogP contribution < -0.4 is 4.72 Å². The molecule has 0 heterocycles. The first-order valence-electron chi connectivity index (χ1n) is 6.38. The molecular formula is C14H18N2O4S. The van der Waals surface area contributed by atoms with Crippen molar-refractivity contribution in [2.75, 3.05) is 13.2 Å². The van der Waals surface area contributed by atoms with Gasteiger partial charge >= 0.3 is 5.97 Å². The number of carbonyl (C=O) groups excluding carboxylic acids is 1. The highest BCUT2D eigenvalue weighted by Gasteiger charge is 2.19. The summed E-state index contributed by atoms with van der Waals surface area (Å²) in [5, 5.41) is 8.26. The summed E-state index contributed by atoms with van der Waals surface area (Å²) in [6.45, 7) is 4.96. The van der Waals surface area contributed by atoms with E-state index < -0.39 is 16.0 Å². The van der Waals surface area contributed by atoms with Crippen molar-refractivity contribution in [2.24, 2.45) is 0 Å². The maximum Gasteiger partial charge on any atom is 0.308 e. The Hall–Kier alpha value is -1.91. The molecule has 0 aliphatic heterocycles. The average Bonchev–Trinajstić information content (AvgIpc) is 2.34. The topological polar surface area (TPSA) is 96.3 Å². The number of nitriles is 1. The molecular weight excluding hydrogens is 292 g/mol. The Morgan fingerprint density at radius 3 is 2.38 bits per heavy atom. The van der Waals surface area contributed by atoms with Crippen molar-refractivity contribution in [3.8, 4) is 6.07 Å². The van der Waals surface area contributed by atoms with Crippen molar-refractivity contribution in [3.05, 3.63) is 28.8 Å². The van der Waals surface area contributed by atoms with Gasteiger partial charge in [0, 0.05) is 6.54 Å². The van der Waals surface area contributed by atoms with Gasteiger partial charge in [-0.3, -0.25) is 4.79 Å². The van der Waals surface area contributed by atoms with E-state index in [-0.39, 0.29) is 24.5 Å². The van der Waals surface area contributed by atoms with Crippen LogP contribution in [0.15, 0.2) is 17.0 Å². The van der Waals surface area contributed by atoms with Crippen LogP contribution in [0.2, 0.25) is 0 Å². The zero-order valence-electron chi connectivity index (χ0n) is 12.3. The van der Waals surface area contributed by atoms with Gasteiger partial charge < -0.3 is 4.74 Å². The maximum atomic E-state index is 12.3. The van der Waals surface area contributed by atoms with E-state index in [0.29, 0.717) is 11.1 Å². The second-order valence-corrected chi connectivity index (χ2v) is 6.40. The summed E-state index contributed by atoms with van der Waals surface area (Å²) in [6.07, 6.45) is -0.120. The molecule has 6 nitrogen and oxygen atoms in total. The Morgan fingerprint density at radius 2 is 1.86 bits per heavy atom. The lowest BCUT2D eigenvalue weighted by atomic mass is 10.1. The van der Waals surface area contributed by atoms with E-state index in [4.69, 9.17) is 5.26 Å². The predicted molar refractivity (Wildman–Crippen MR) is 77.0 cm³/mol. The highest BCUT2D eigenvalue weighted by molar-refractivity contribution is 7.89. The van der Waals surface area contributed by atoms with E-state index in [1.54, 1.807) is 32.0 Å². The summed E-state index contributed by atoms with van der Waals surface area (Å²) in [6, 6.07) is 5.26. The largest absolute Gasteiger partial charge is 0.450 e. The zero-order valence-corrected chi connectivity index (χ0v) is 13.1. The SMILES string of the molecule is Cc1cc(C)c(S(=O)(=O)NCCC(=O)OCC#N)c(C)c1. The normalized spacial score (nSPS) is 11.0. The summed E-state index contributed by atoms with van der Waals surface area (Å²) in [5.41, 5.74) is 2.31. The third-order valence-corrected chi connectivity index (χ3v) is 4.56. The van der Waals surface area contributed by atoms with Crippen molar-refractivity contribution >= 4 is 16.0 Å². The lowest BCUT2D eigenvalue weighted by Gasteiger charge is -2.12. The average molecular weight is 310 g/mol. The summed E-state index contributed by atoms with van der Waals surface area (Å²) in [5.74, 6) is -0.614. The Bertz CT molecular complexity index is 652. The number of benzene rings is 1. The first kappa shape index (κ1) is 17.1. The molecule has 1 aromatic carbocycles. The van der Waals surface area contributed by atoms with Gasteiger partial charge in [-0.15, -0.1) is 0 Å². The lowest BCUT2D eigenvalue weighted by molar-refractivity contribution is -0.142. The number of hydrogen-bond acceptors (Lipinski definition) is 5. The molecule has 0 aliphatic carbocycles. The molecule has 114 valence electrons. The van der Waals surface area contributed by atoms with Crippen LogP contribution in [-0.4, -0.2) is 27.5 Å². The molecule has 0 atom stereocenters. The number of nitrogens with one attached hydrogen (secondary N) is 1. The van der Waals surface area contributed by atoms with Crippen LogP contribution in [0.25, 0.3) is 0 Å². The molecule has 0 saturated heterocycles. The third kappa shape index (κ3) is 4.85. The molecule has 0 spiro atoms. The van der Waals surface area contributed by atoms with Gasteiger partial charge in [-0.1, -0.05) is 17.7 Å². The number of hydrogen-bond donors (Lipinski definition) is 1. The number of rotatable bonds is 6. The van der Waals surface area contributed by atoms with Gasteiger partial charge in [0.05, 0.1) is 11.3 Å². The predicted octanol–water partition coefficient (Wildman–Crippen LogP) is 1.35. The third-order valence-electron chi connectivity index (χ3n) is 2.79. The lowest BCUT2D eigenvalue weighted by Crippen LogP contribution is -2.28.